The Morgan fingerprint density at radius 3 is 1.77 bits per heavy atom. The minimum absolute atomic E-state index is 0.00412. The predicted molar refractivity (Wildman–Crippen MR) is 201 cm³/mol. The zero-order valence-electron chi connectivity index (χ0n) is 31.8. The summed E-state index contributed by atoms with van der Waals surface area (Å²) in [7, 11) is 0. The van der Waals surface area contributed by atoms with Gasteiger partial charge in [0.1, 0.15) is 30.2 Å². The number of aliphatic imine (C=N–C) groups is 1. The van der Waals surface area contributed by atoms with E-state index in [4.69, 9.17) is 17.2 Å². The lowest BCUT2D eigenvalue weighted by molar-refractivity contribution is -0.143. The molecule has 1 rings (SSSR count). The number of hydrogen-bond donors (Lipinski definition) is 10. The number of aliphatic carboxylic acids is 1. The summed E-state index contributed by atoms with van der Waals surface area (Å²) in [6.45, 7) is 10.4. The van der Waals surface area contributed by atoms with Crippen LogP contribution in [0.25, 0.3) is 0 Å². The average Bonchev–Trinajstić information content (AvgIpc) is 3.11. The lowest BCUT2D eigenvalue weighted by Crippen LogP contribution is -2.61. The van der Waals surface area contributed by atoms with E-state index in [9.17, 15) is 39.0 Å². The molecule has 0 fully saturated rings. The second-order valence-electron chi connectivity index (χ2n) is 13.8. The Labute approximate surface area is 312 Å². The maximum atomic E-state index is 14.0. The molecule has 0 spiro atoms. The molecular weight excluding hydrogens is 686 g/mol. The van der Waals surface area contributed by atoms with Gasteiger partial charge in [-0.05, 0) is 42.6 Å². The maximum absolute atomic E-state index is 14.0. The van der Waals surface area contributed by atoms with Crippen molar-refractivity contribution in [2.24, 2.45) is 39.9 Å². The fourth-order valence-corrected chi connectivity index (χ4v) is 5.26. The number of amides is 5. The highest BCUT2D eigenvalue weighted by Crippen LogP contribution is 2.14. The molecule has 0 aliphatic carbocycles. The fraction of sp³-hybridized carbons (Fsp3) is 0.639. The van der Waals surface area contributed by atoms with Crippen molar-refractivity contribution in [3.63, 3.8) is 0 Å². The highest BCUT2D eigenvalue weighted by atomic mass is 16.4. The number of carbonyl (C=O) groups excluding carboxylic acids is 5. The summed E-state index contributed by atoms with van der Waals surface area (Å²) in [4.78, 5) is 83.2. The van der Waals surface area contributed by atoms with Crippen LogP contribution >= 0.6 is 0 Å². The Morgan fingerprint density at radius 2 is 1.25 bits per heavy atom. The van der Waals surface area contributed by atoms with E-state index in [-0.39, 0.29) is 50.0 Å². The molecular formula is C36H61N9O8. The van der Waals surface area contributed by atoms with Gasteiger partial charge in [0.2, 0.25) is 29.5 Å². The van der Waals surface area contributed by atoms with E-state index in [1.807, 2.05) is 34.6 Å². The summed E-state index contributed by atoms with van der Waals surface area (Å²) in [6.07, 6.45) is 1.61. The van der Waals surface area contributed by atoms with Gasteiger partial charge < -0.3 is 54.0 Å². The predicted octanol–water partition coefficient (Wildman–Crippen LogP) is -0.751. The summed E-state index contributed by atoms with van der Waals surface area (Å²) in [5.41, 5.74) is 17.6. The van der Waals surface area contributed by atoms with Gasteiger partial charge in [-0.25, -0.2) is 4.79 Å². The van der Waals surface area contributed by atoms with E-state index < -0.39 is 84.3 Å². The molecule has 0 saturated heterocycles. The Bertz CT molecular complexity index is 1370. The Morgan fingerprint density at radius 1 is 0.717 bits per heavy atom. The van der Waals surface area contributed by atoms with Crippen LogP contribution in [-0.4, -0.2) is 101 Å². The normalized spacial score (nSPS) is 15.6. The monoisotopic (exact) mass is 747 g/mol. The molecule has 298 valence electrons. The zero-order valence-corrected chi connectivity index (χ0v) is 31.8. The Balaban J connectivity index is 3.42. The third-order valence-corrected chi connectivity index (χ3v) is 8.98. The molecule has 8 atom stereocenters. The van der Waals surface area contributed by atoms with Crippen molar-refractivity contribution in [1.29, 1.82) is 0 Å². The summed E-state index contributed by atoms with van der Waals surface area (Å²) in [5.74, 6) is -5.56. The van der Waals surface area contributed by atoms with Crippen molar-refractivity contribution in [3.05, 3.63) is 35.9 Å². The van der Waals surface area contributed by atoms with Crippen molar-refractivity contribution >= 4 is 41.5 Å². The van der Waals surface area contributed by atoms with E-state index in [1.54, 1.807) is 37.3 Å². The van der Waals surface area contributed by atoms with Crippen LogP contribution < -0.4 is 43.8 Å². The molecule has 53 heavy (non-hydrogen) atoms. The molecule has 0 unspecified atom stereocenters. The first-order valence-electron chi connectivity index (χ1n) is 18.2. The molecule has 0 heterocycles. The second-order valence-corrected chi connectivity index (χ2v) is 13.8. The van der Waals surface area contributed by atoms with E-state index in [0.717, 1.165) is 0 Å². The number of benzene rings is 1. The van der Waals surface area contributed by atoms with Gasteiger partial charge >= 0.3 is 5.97 Å². The third kappa shape index (κ3) is 16.6. The van der Waals surface area contributed by atoms with Crippen LogP contribution in [-0.2, 0) is 35.2 Å². The number of aliphatic hydroxyl groups excluding tert-OH is 1. The topological polar surface area (TPSA) is 293 Å². The number of nitrogens with two attached hydrogens (primary N) is 3. The van der Waals surface area contributed by atoms with E-state index in [2.05, 4.69) is 31.6 Å². The largest absolute Gasteiger partial charge is 0.480 e. The molecule has 0 aliphatic heterocycles. The van der Waals surface area contributed by atoms with Crippen LogP contribution in [0.1, 0.15) is 79.2 Å². The molecule has 5 amide bonds. The quantitative estimate of drug-likeness (QED) is 0.0357. The molecule has 1 aromatic carbocycles. The molecule has 0 saturated carbocycles. The first-order valence-corrected chi connectivity index (χ1v) is 18.2. The number of nitrogens with one attached hydrogen (secondary N) is 5. The van der Waals surface area contributed by atoms with Crippen LogP contribution in [0.2, 0.25) is 0 Å². The van der Waals surface area contributed by atoms with Crippen molar-refractivity contribution in [2.75, 3.05) is 13.2 Å². The first-order chi connectivity index (χ1) is 24.9. The van der Waals surface area contributed by atoms with Gasteiger partial charge in [-0.2, -0.15) is 0 Å². The number of aliphatic hydroxyl groups is 1. The molecule has 0 bridgehead atoms. The van der Waals surface area contributed by atoms with Gasteiger partial charge in [-0.1, -0.05) is 84.7 Å². The van der Waals surface area contributed by atoms with Crippen molar-refractivity contribution in [3.8, 4) is 0 Å². The number of guanidine groups is 1. The smallest absolute Gasteiger partial charge is 0.328 e. The lowest BCUT2D eigenvalue weighted by atomic mass is 9.95. The Kier molecular flexibility index (Phi) is 20.7. The van der Waals surface area contributed by atoms with Gasteiger partial charge in [0.05, 0.1) is 12.6 Å². The number of nitrogens with zero attached hydrogens (tertiary/aromatic N) is 1. The van der Waals surface area contributed by atoms with Crippen LogP contribution in [0.15, 0.2) is 35.3 Å². The first kappa shape index (κ1) is 46.3. The maximum Gasteiger partial charge on any atom is 0.328 e. The zero-order chi connectivity index (χ0) is 40.2. The van der Waals surface area contributed by atoms with E-state index >= 15 is 0 Å². The van der Waals surface area contributed by atoms with Gasteiger partial charge in [0.25, 0.3) is 0 Å². The minimum Gasteiger partial charge on any atom is -0.480 e. The SMILES string of the molecule is CC[C@H](C)[C@H](N)C(=O)N[C@@H](CC(C)C)C(=O)N[C@H](C(=O)N[C@@H](Cc1ccccc1)C(=O)N[C@@H](CCCN=C(N)N)C(=O)N[C@@H](CO)C(=O)O)[C@@H](C)CC. The summed E-state index contributed by atoms with van der Waals surface area (Å²) >= 11 is 0. The highest BCUT2D eigenvalue weighted by molar-refractivity contribution is 5.96. The number of carboxylic acid groups (broad SMARTS) is 1. The second kappa shape index (κ2) is 23.7. The summed E-state index contributed by atoms with van der Waals surface area (Å²) in [5, 5.41) is 31.9. The van der Waals surface area contributed by atoms with Gasteiger partial charge in [-0.15, -0.1) is 0 Å². The average molecular weight is 748 g/mol. The highest BCUT2D eigenvalue weighted by Gasteiger charge is 2.35. The van der Waals surface area contributed by atoms with Gasteiger partial charge in [-0.3, -0.25) is 29.0 Å². The number of rotatable bonds is 24. The summed E-state index contributed by atoms with van der Waals surface area (Å²) in [6, 6.07) is 1.69. The Hall–Kier alpha value is -4.77. The lowest BCUT2D eigenvalue weighted by Gasteiger charge is -2.30. The minimum atomic E-state index is -1.63. The molecule has 0 aromatic heterocycles. The number of carbonyl (C=O) groups is 6. The molecule has 17 nitrogen and oxygen atoms in total. The molecule has 1 aromatic rings. The van der Waals surface area contributed by atoms with Crippen LogP contribution in [0, 0.1) is 17.8 Å². The van der Waals surface area contributed by atoms with E-state index in [0.29, 0.717) is 18.4 Å². The standard InChI is InChI=1S/C36H61N9O8/c1-7-21(5)28(37)33(50)42-25(17-20(3)4)32(49)45-29(22(6)8-2)34(51)43-26(18-23-13-10-9-11-14-23)31(48)41-24(15-12-16-40-36(38)39)30(47)44-27(19-46)35(52)53/h9-11,13-14,20-22,24-29,46H,7-8,12,15-19,37H2,1-6H3,(H,41,48)(H,42,50)(H,43,51)(H,44,47)(H,45,49)(H,52,53)(H4,38,39,40)/t21-,22-,24-,25-,26-,27-,28-,29-/m0/s1. The fourth-order valence-electron chi connectivity index (χ4n) is 5.26. The third-order valence-electron chi connectivity index (χ3n) is 8.98. The molecule has 17 heteroatoms. The van der Waals surface area contributed by atoms with Crippen molar-refractivity contribution < 1.29 is 39.0 Å². The number of hydrogen-bond acceptors (Lipinski definition) is 9. The van der Waals surface area contributed by atoms with Crippen LogP contribution in [0.5, 0.6) is 0 Å². The number of carboxylic acids is 1. The van der Waals surface area contributed by atoms with Gasteiger partial charge in [0, 0.05) is 13.0 Å². The van der Waals surface area contributed by atoms with E-state index in [1.165, 1.54) is 0 Å². The van der Waals surface area contributed by atoms with Crippen molar-refractivity contribution in [2.45, 2.75) is 116 Å². The molecule has 0 aliphatic rings. The van der Waals surface area contributed by atoms with Crippen LogP contribution in [0.4, 0.5) is 0 Å². The van der Waals surface area contributed by atoms with Gasteiger partial charge in [0.15, 0.2) is 5.96 Å². The van der Waals surface area contributed by atoms with Crippen molar-refractivity contribution in [1.82, 2.24) is 26.6 Å². The molecule has 13 N–H and O–H groups in total. The molecule has 0 radical (unpaired) electrons. The summed E-state index contributed by atoms with van der Waals surface area (Å²) < 4.78 is 0. The van der Waals surface area contributed by atoms with Crippen LogP contribution in [0.3, 0.4) is 0 Å².